The maximum absolute atomic E-state index is 12.4. The number of esters is 1. The predicted octanol–water partition coefficient (Wildman–Crippen LogP) is 5.03. The molecule has 1 N–H and O–H groups in total. The van der Waals surface area contributed by atoms with Gasteiger partial charge in [0.1, 0.15) is 11.5 Å². The van der Waals surface area contributed by atoms with E-state index in [2.05, 4.69) is 15.9 Å². The Morgan fingerprint density at radius 1 is 1.00 bits per heavy atom. The molecule has 0 radical (unpaired) electrons. The quantitative estimate of drug-likeness (QED) is 0.278. The van der Waals surface area contributed by atoms with E-state index >= 15 is 0 Å². The number of fused-ring (bicyclic) bond motifs is 3. The van der Waals surface area contributed by atoms with Crippen molar-refractivity contribution in [2.75, 3.05) is 0 Å². The van der Waals surface area contributed by atoms with Crippen molar-refractivity contribution in [2.45, 2.75) is 6.42 Å². The van der Waals surface area contributed by atoms with Crippen LogP contribution in [0.4, 0.5) is 0 Å². The highest BCUT2D eigenvalue weighted by Gasteiger charge is 2.28. The first-order chi connectivity index (χ1) is 11.6. The number of halogens is 1. The molecule has 0 bridgehead atoms. The molecule has 0 atom stereocenters. The molecular weight excluding hydrogens is 368 g/mol. The van der Waals surface area contributed by atoms with Gasteiger partial charge in [-0.3, -0.25) is 0 Å². The third-order valence-electron chi connectivity index (χ3n) is 4.22. The average Bonchev–Trinajstić information content (AvgIpc) is 2.61. The normalized spacial score (nSPS) is 15.8. The Kier molecular flexibility index (Phi) is 3.62. The van der Waals surface area contributed by atoms with E-state index in [0.717, 1.165) is 20.8 Å². The summed E-state index contributed by atoms with van der Waals surface area (Å²) in [4.78, 5) is 12.4. The first kappa shape index (κ1) is 15.0. The van der Waals surface area contributed by atoms with E-state index in [9.17, 15) is 9.90 Å². The predicted molar refractivity (Wildman–Crippen MR) is 97.0 cm³/mol. The number of hydrogen-bond donors (Lipinski definition) is 1. The third kappa shape index (κ3) is 2.39. The standard InChI is InChI=1S/C20H13BrO3/c21-17-8-4-3-7-14(17)19(22)16-11-15-13-6-2-1-5-12(13)9-10-18(15)24-20(16)23/h1-10,22H,11H2/b19-16-. The molecular formula is C20H13BrO3. The maximum atomic E-state index is 12.4. The molecule has 3 aromatic rings. The minimum absolute atomic E-state index is 0.0499. The SMILES string of the molecule is O=C1Oc2ccc3ccccc3c2C/C1=C(/O)c1ccccc1Br. The Morgan fingerprint density at radius 3 is 2.58 bits per heavy atom. The second-order valence-electron chi connectivity index (χ2n) is 5.64. The van der Waals surface area contributed by atoms with E-state index in [-0.39, 0.29) is 11.3 Å². The van der Waals surface area contributed by atoms with E-state index in [1.165, 1.54) is 0 Å². The van der Waals surface area contributed by atoms with Gasteiger partial charge in [-0.15, -0.1) is 0 Å². The van der Waals surface area contributed by atoms with E-state index in [4.69, 9.17) is 4.74 Å². The number of aliphatic hydroxyl groups excluding tert-OH is 1. The molecule has 0 saturated heterocycles. The van der Waals surface area contributed by atoms with Gasteiger partial charge in [0, 0.05) is 22.0 Å². The van der Waals surface area contributed by atoms with Crippen LogP contribution in [-0.4, -0.2) is 11.1 Å². The highest BCUT2D eigenvalue weighted by Crippen LogP contribution is 2.36. The van der Waals surface area contributed by atoms with Gasteiger partial charge in [-0.25, -0.2) is 4.79 Å². The van der Waals surface area contributed by atoms with Gasteiger partial charge in [-0.05, 0) is 22.9 Å². The van der Waals surface area contributed by atoms with E-state index < -0.39 is 5.97 Å². The number of benzene rings is 3. The van der Waals surface area contributed by atoms with Gasteiger partial charge < -0.3 is 9.84 Å². The molecule has 1 aliphatic rings. The average molecular weight is 381 g/mol. The van der Waals surface area contributed by atoms with Crippen LogP contribution in [0.25, 0.3) is 16.5 Å². The van der Waals surface area contributed by atoms with Crippen molar-refractivity contribution >= 4 is 38.4 Å². The second kappa shape index (κ2) is 5.80. The lowest BCUT2D eigenvalue weighted by Gasteiger charge is -2.21. The van der Waals surface area contributed by atoms with Crippen LogP contribution in [0.5, 0.6) is 5.75 Å². The lowest BCUT2D eigenvalue weighted by molar-refractivity contribution is -0.130. The van der Waals surface area contributed by atoms with Crippen molar-refractivity contribution < 1.29 is 14.6 Å². The first-order valence-corrected chi connectivity index (χ1v) is 8.34. The van der Waals surface area contributed by atoms with Gasteiger partial charge >= 0.3 is 5.97 Å². The van der Waals surface area contributed by atoms with Crippen molar-refractivity contribution in [1.29, 1.82) is 0 Å². The summed E-state index contributed by atoms with van der Waals surface area (Å²) in [7, 11) is 0. The lowest BCUT2D eigenvalue weighted by atomic mass is 9.93. The summed E-state index contributed by atoms with van der Waals surface area (Å²) in [6.07, 6.45) is 0.336. The van der Waals surface area contributed by atoms with Gasteiger partial charge in [0.05, 0.1) is 5.57 Å². The van der Waals surface area contributed by atoms with Crippen LogP contribution >= 0.6 is 15.9 Å². The zero-order chi connectivity index (χ0) is 16.7. The summed E-state index contributed by atoms with van der Waals surface area (Å²) in [6.45, 7) is 0. The highest BCUT2D eigenvalue weighted by atomic mass is 79.9. The zero-order valence-electron chi connectivity index (χ0n) is 12.6. The van der Waals surface area contributed by atoms with E-state index in [1.807, 2.05) is 54.6 Å². The van der Waals surface area contributed by atoms with Crippen LogP contribution in [0.15, 0.2) is 70.7 Å². The molecule has 0 unspecified atom stereocenters. The van der Waals surface area contributed by atoms with Crippen LogP contribution in [0.2, 0.25) is 0 Å². The Bertz CT molecular complexity index is 1000. The molecule has 4 heteroatoms. The van der Waals surface area contributed by atoms with Gasteiger partial charge in [0.2, 0.25) is 0 Å². The molecule has 0 spiro atoms. The minimum atomic E-state index is -0.508. The molecule has 0 aliphatic carbocycles. The summed E-state index contributed by atoms with van der Waals surface area (Å²) in [5.74, 6) is -0.000490. The molecule has 24 heavy (non-hydrogen) atoms. The first-order valence-electron chi connectivity index (χ1n) is 7.55. The summed E-state index contributed by atoms with van der Waals surface area (Å²) >= 11 is 3.41. The number of ether oxygens (including phenoxy) is 1. The topological polar surface area (TPSA) is 46.5 Å². The number of hydrogen-bond acceptors (Lipinski definition) is 3. The molecule has 1 heterocycles. The minimum Gasteiger partial charge on any atom is -0.507 e. The van der Waals surface area contributed by atoms with Crippen LogP contribution < -0.4 is 4.74 Å². The zero-order valence-corrected chi connectivity index (χ0v) is 14.2. The summed E-state index contributed by atoms with van der Waals surface area (Å²) < 4.78 is 6.19. The lowest BCUT2D eigenvalue weighted by Crippen LogP contribution is -2.21. The van der Waals surface area contributed by atoms with E-state index in [1.54, 1.807) is 6.07 Å². The highest BCUT2D eigenvalue weighted by molar-refractivity contribution is 9.10. The summed E-state index contributed by atoms with van der Waals surface area (Å²) in [5.41, 5.74) is 1.76. The van der Waals surface area contributed by atoms with Crippen molar-refractivity contribution in [3.05, 3.63) is 81.8 Å². The molecule has 0 aromatic heterocycles. The molecule has 4 rings (SSSR count). The second-order valence-corrected chi connectivity index (χ2v) is 6.49. The fourth-order valence-corrected chi connectivity index (χ4v) is 3.47. The Labute approximate surface area is 147 Å². The molecule has 118 valence electrons. The number of aliphatic hydroxyl groups is 1. The fourth-order valence-electron chi connectivity index (χ4n) is 3.00. The molecule has 0 amide bonds. The van der Waals surface area contributed by atoms with Gasteiger partial charge in [-0.1, -0.05) is 64.5 Å². The Balaban J connectivity index is 1.89. The van der Waals surface area contributed by atoms with Crippen LogP contribution in [0.3, 0.4) is 0 Å². The number of rotatable bonds is 1. The van der Waals surface area contributed by atoms with E-state index in [0.29, 0.717) is 17.7 Å². The maximum Gasteiger partial charge on any atom is 0.343 e. The number of carbonyl (C=O) groups is 1. The smallest absolute Gasteiger partial charge is 0.343 e. The van der Waals surface area contributed by atoms with Crippen LogP contribution in [0, 0.1) is 0 Å². The molecule has 3 nitrogen and oxygen atoms in total. The molecule has 3 aromatic carbocycles. The number of carbonyl (C=O) groups excluding carboxylic acids is 1. The molecule has 1 aliphatic heterocycles. The summed E-state index contributed by atoms with van der Waals surface area (Å²) in [5, 5.41) is 12.7. The Morgan fingerprint density at radius 2 is 1.75 bits per heavy atom. The van der Waals surface area contributed by atoms with Gasteiger partial charge in [0.25, 0.3) is 0 Å². The van der Waals surface area contributed by atoms with Crippen LogP contribution in [0.1, 0.15) is 11.1 Å². The monoisotopic (exact) mass is 380 g/mol. The van der Waals surface area contributed by atoms with Crippen molar-refractivity contribution in [3.8, 4) is 5.75 Å². The van der Waals surface area contributed by atoms with Crippen LogP contribution in [-0.2, 0) is 11.2 Å². The van der Waals surface area contributed by atoms with Gasteiger partial charge in [-0.2, -0.15) is 0 Å². The summed E-state index contributed by atoms with van der Waals surface area (Å²) in [6, 6.07) is 18.9. The largest absolute Gasteiger partial charge is 0.507 e. The fraction of sp³-hybridized carbons (Fsp3) is 0.0500. The molecule has 0 saturated carbocycles. The van der Waals surface area contributed by atoms with Crippen molar-refractivity contribution in [1.82, 2.24) is 0 Å². The third-order valence-corrected chi connectivity index (χ3v) is 4.91. The Hall–Kier alpha value is -2.59. The van der Waals surface area contributed by atoms with Crippen molar-refractivity contribution in [2.24, 2.45) is 0 Å². The molecule has 0 fully saturated rings. The van der Waals surface area contributed by atoms with Crippen molar-refractivity contribution in [3.63, 3.8) is 0 Å². The van der Waals surface area contributed by atoms with Gasteiger partial charge in [0.15, 0.2) is 0 Å².